The second-order valence-corrected chi connectivity index (χ2v) is 20.3. The van der Waals surface area contributed by atoms with Crippen molar-refractivity contribution in [1.29, 1.82) is 0 Å². The number of aromatic nitrogens is 2. The Morgan fingerprint density at radius 3 is 1.68 bits per heavy atom. The van der Waals surface area contributed by atoms with Gasteiger partial charge >= 0.3 is 159 Å². The van der Waals surface area contributed by atoms with Crippen LogP contribution in [0.1, 0.15) is 59.3 Å². The standard InChI is InChI=1S/C10H7N2.3C4H9.Sn/c1-2-5-9(6-3-1)10-7-4-8-11-12-10;3*1-3-4-2;/h1-7H;3*1,3-4H2,2H3;. The fourth-order valence-electron chi connectivity index (χ4n) is 3.68. The Morgan fingerprint density at radius 2 is 1.24 bits per heavy atom. The molecule has 0 atom stereocenters. The Balaban J connectivity index is 2.30. The minimum atomic E-state index is -2.43. The molecule has 1 heterocycles. The van der Waals surface area contributed by atoms with Crippen molar-refractivity contribution >= 4 is 22.1 Å². The first kappa shape index (κ1) is 20.4. The van der Waals surface area contributed by atoms with Crippen LogP contribution in [0.5, 0.6) is 0 Å². The van der Waals surface area contributed by atoms with Gasteiger partial charge in [0.05, 0.1) is 0 Å². The maximum absolute atomic E-state index is 4.83. The summed E-state index contributed by atoms with van der Waals surface area (Å²) < 4.78 is 5.77. The molecule has 0 amide bonds. The third-order valence-corrected chi connectivity index (χ3v) is 20.4. The van der Waals surface area contributed by atoms with Gasteiger partial charge in [0.2, 0.25) is 0 Å². The van der Waals surface area contributed by atoms with Crippen molar-refractivity contribution in [1.82, 2.24) is 10.2 Å². The van der Waals surface area contributed by atoms with E-state index < -0.39 is 18.4 Å². The molecule has 0 aliphatic heterocycles. The second kappa shape index (κ2) is 10.9. The van der Waals surface area contributed by atoms with Crippen molar-refractivity contribution in [3.63, 3.8) is 0 Å². The van der Waals surface area contributed by atoms with Gasteiger partial charge in [0.15, 0.2) is 0 Å². The summed E-state index contributed by atoms with van der Waals surface area (Å²) in [6.45, 7) is 6.96. The molecule has 0 fully saturated rings. The first-order valence-electron chi connectivity index (χ1n) is 10.2. The number of hydrogen-bond donors (Lipinski definition) is 0. The molecular formula is C22H34N2Sn. The predicted molar refractivity (Wildman–Crippen MR) is 112 cm³/mol. The third-order valence-electron chi connectivity index (χ3n) is 5.30. The van der Waals surface area contributed by atoms with E-state index in [1.165, 1.54) is 55.5 Å². The fraction of sp³-hybridized carbons (Fsp3) is 0.545. The van der Waals surface area contributed by atoms with E-state index in [1.807, 2.05) is 6.07 Å². The Morgan fingerprint density at radius 1 is 0.680 bits per heavy atom. The van der Waals surface area contributed by atoms with E-state index in [9.17, 15) is 0 Å². The van der Waals surface area contributed by atoms with E-state index in [4.69, 9.17) is 5.10 Å². The van der Waals surface area contributed by atoms with Crippen molar-refractivity contribution in [2.45, 2.75) is 72.6 Å². The maximum atomic E-state index is 4.83. The number of unbranched alkanes of at least 4 members (excludes halogenated alkanes) is 3. The van der Waals surface area contributed by atoms with Crippen LogP contribution in [0.4, 0.5) is 0 Å². The van der Waals surface area contributed by atoms with Crippen molar-refractivity contribution in [3.05, 3.63) is 42.5 Å². The summed E-state index contributed by atoms with van der Waals surface area (Å²) in [7, 11) is 0. The van der Waals surface area contributed by atoms with Crippen LogP contribution in [-0.2, 0) is 0 Å². The molecule has 0 bridgehead atoms. The van der Waals surface area contributed by atoms with Crippen molar-refractivity contribution in [3.8, 4) is 11.3 Å². The van der Waals surface area contributed by atoms with Gasteiger partial charge in [-0.15, -0.1) is 0 Å². The average Bonchev–Trinajstić information content (AvgIpc) is 2.68. The zero-order valence-electron chi connectivity index (χ0n) is 16.3. The monoisotopic (exact) mass is 446 g/mol. The molecule has 0 saturated heterocycles. The molecule has 1 aromatic heterocycles. The second-order valence-electron chi connectivity index (χ2n) is 7.26. The molecule has 0 N–H and O–H groups in total. The van der Waals surface area contributed by atoms with Crippen LogP contribution in [-0.4, -0.2) is 28.6 Å². The zero-order chi connectivity index (χ0) is 18.0. The average molecular weight is 445 g/mol. The van der Waals surface area contributed by atoms with E-state index in [0.29, 0.717) is 0 Å². The molecule has 1 aromatic carbocycles. The molecule has 0 radical (unpaired) electrons. The molecule has 25 heavy (non-hydrogen) atoms. The number of hydrogen-bond acceptors (Lipinski definition) is 2. The van der Waals surface area contributed by atoms with Crippen LogP contribution in [0.15, 0.2) is 42.5 Å². The van der Waals surface area contributed by atoms with E-state index in [0.717, 1.165) is 11.3 Å². The molecule has 0 aliphatic rings. The van der Waals surface area contributed by atoms with Crippen LogP contribution >= 0.6 is 0 Å². The van der Waals surface area contributed by atoms with Crippen LogP contribution in [0, 0.1) is 0 Å². The van der Waals surface area contributed by atoms with E-state index in [1.54, 1.807) is 0 Å². The van der Waals surface area contributed by atoms with Gasteiger partial charge in [0.1, 0.15) is 0 Å². The first-order valence-corrected chi connectivity index (χ1v) is 17.6. The molecular weight excluding hydrogens is 411 g/mol. The molecule has 2 rings (SSSR count). The SMILES string of the molecule is CCC[CH2][Sn]([CH2]CCC)([CH2]CCC)[c]1ccc(-c2ccccc2)nn1. The summed E-state index contributed by atoms with van der Waals surface area (Å²) in [6.07, 6.45) is 7.99. The van der Waals surface area contributed by atoms with Gasteiger partial charge in [-0.05, 0) is 0 Å². The summed E-state index contributed by atoms with van der Waals surface area (Å²) in [5.74, 6) is 0. The van der Waals surface area contributed by atoms with Gasteiger partial charge in [-0.3, -0.25) is 0 Å². The van der Waals surface area contributed by atoms with Crippen LogP contribution in [0.25, 0.3) is 11.3 Å². The first-order chi connectivity index (χ1) is 12.3. The minimum absolute atomic E-state index is 1.01. The summed E-state index contributed by atoms with van der Waals surface area (Å²) >= 11 is -2.43. The summed E-state index contributed by atoms with van der Waals surface area (Å²) in [4.78, 5) is 0. The van der Waals surface area contributed by atoms with Gasteiger partial charge in [0, 0.05) is 0 Å². The fourth-order valence-corrected chi connectivity index (χ4v) is 18.8. The van der Waals surface area contributed by atoms with E-state index in [-0.39, 0.29) is 0 Å². The van der Waals surface area contributed by atoms with E-state index >= 15 is 0 Å². The Bertz CT molecular complexity index is 573. The van der Waals surface area contributed by atoms with Gasteiger partial charge < -0.3 is 0 Å². The predicted octanol–water partition coefficient (Wildman–Crippen LogP) is 6.20. The molecule has 0 saturated carbocycles. The number of rotatable bonds is 11. The van der Waals surface area contributed by atoms with Crippen molar-refractivity contribution in [2.75, 3.05) is 0 Å². The Labute approximate surface area is 158 Å². The molecule has 2 nitrogen and oxygen atoms in total. The summed E-state index contributed by atoms with van der Waals surface area (Å²) in [5, 5.41) is 9.47. The van der Waals surface area contributed by atoms with Crippen LogP contribution < -0.4 is 3.71 Å². The molecule has 0 spiro atoms. The Kier molecular flexibility index (Phi) is 8.94. The summed E-state index contributed by atoms with van der Waals surface area (Å²) in [6, 6.07) is 15.0. The van der Waals surface area contributed by atoms with Gasteiger partial charge in [-0.2, -0.15) is 0 Å². The molecule has 136 valence electrons. The molecule has 2 aromatic rings. The number of nitrogens with zero attached hydrogens (tertiary/aromatic N) is 2. The van der Waals surface area contributed by atoms with E-state index in [2.05, 4.69) is 62.3 Å². The molecule has 0 unspecified atom stereocenters. The molecule has 0 aliphatic carbocycles. The van der Waals surface area contributed by atoms with Gasteiger partial charge in [-0.25, -0.2) is 0 Å². The normalized spacial score (nSPS) is 11.6. The summed E-state index contributed by atoms with van der Waals surface area (Å²) in [5.41, 5.74) is 2.17. The topological polar surface area (TPSA) is 25.8 Å². The van der Waals surface area contributed by atoms with Crippen LogP contribution in [0.2, 0.25) is 13.3 Å². The third kappa shape index (κ3) is 5.80. The van der Waals surface area contributed by atoms with Gasteiger partial charge in [0.25, 0.3) is 0 Å². The number of benzene rings is 1. The van der Waals surface area contributed by atoms with Crippen molar-refractivity contribution in [2.24, 2.45) is 0 Å². The van der Waals surface area contributed by atoms with Crippen molar-refractivity contribution < 1.29 is 0 Å². The van der Waals surface area contributed by atoms with Gasteiger partial charge in [-0.1, -0.05) is 0 Å². The quantitative estimate of drug-likeness (QED) is 0.385. The molecule has 3 heteroatoms. The van der Waals surface area contributed by atoms with Crippen LogP contribution in [0.3, 0.4) is 0 Å². The zero-order valence-corrected chi connectivity index (χ0v) is 19.2. The Hall–Kier alpha value is -0.901.